The molecule has 5 rings (SSSR count). The van der Waals surface area contributed by atoms with E-state index in [0.29, 0.717) is 34.9 Å². The van der Waals surface area contributed by atoms with Gasteiger partial charge in [0, 0.05) is 24.2 Å². The molecular formula is C22H18FN5O4S2. The summed E-state index contributed by atoms with van der Waals surface area (Å²) in [6.07, 6.45) is 2.77. The van der Waals surface area contributed by atoms with Crippen LogP contribution in [0.3, 0.4) is 0 Å². The van der Waals surface area contributed by atoms with Crippen LogP contribution in [0.4, 0.5) is 15.5 Å². The first kappa shape index (κ1) is 22.2. The molecule has 1 aromatic carbocycles. The smallest absolute Gasteiger partial charge is 0.312 e. The van der Waals surface area contributed by atoms with E-state index in [9.17, 15) is 17.6 Å². The van der Waals surface area contributed by atoms with Crippen LogP contribution in [-0.2, 0) is 10.0 Å². The Hall–Kier alpha value is -3.64. The predicted molar refractivity (Wildman–Crippen MR) is 126 cm³/mol. The number of anilines is 2. The minimum Gasteiger partial charge on any atom is -0.417 e. The molecule has 174 valence electrons. The third-order valence-corrected chi connectivity index (χ3v) is 8.18. The summed E-state index contributed by atoms with van der Waals surface area (Å²) in [5.41, 5.74) is 1.73. The van der Waals surface area contributed by atoms with Gasteiger partial charge in [-0.2, -0.15) is 4.98 Å². The Bertz CT molecular complexity index is 1450. The number of amides is 1. The van der Waals surface area contributed by atoms with Crippen molar-refractivity contribution in [3.05, 3.63) is 65.6 Å². The lowest BCUT2D eigenvalue weighted by Crippen LogP contribution is -2.30. The number of oxazole rings is 1. The fourth-order valence-corrected chi connectivity index (χ4v) is 5.39. The zero-order valence-electron chi connectivity index (χ0n) is 17.8. The van der Waals surface area contributed by atoms with E-state index in [1.54, 1.807) is 23.7 Å². The molecule has 0 bridgehead atoms. The number of carbonyl (C=O) groups is 1. The molecule has 1 aliphatic rings. The lowest BCUT2D eigenvalue weighted by Gasteiger charge is -2.14. The molecule has 1 aliphatic carbocycles. The quantitative estimate of drug-likeness (QED) is 0.405. The fraction of sp³-hybridized carbons (Fsp3) is 0.182. The molecule has 0 unspecified atom stereocenters. The number of benzene rings is 1. The molecule has 34 heavy (non-hydrogen) atoms. The molecule has 0 atom stereocenters. The summed E-state index contributed by atoms with van der Waals surface area (Å²) in [6, 6.07) is 10.5. The Balaban J connectivity index is 1.48. The van der Waals surface area contributed by atoms with Crippen molar-refractivity contribution in [2.45, 2.75) is 18.1 Å². The van der Waals surface area contributed by atoms with Gasteiger partial charge in [0.2, 0.25) is 15.8 Å². The summed E-state index contributed by atoms with van der Waals surface area (Å²) in [5.74, 6) is -1.34. The molecule has 1 amide bonds. The Morgan fingerprint density at radius 1 is 1.15 bits per heavy atom. The van der Waals surface area contributed by atoms with Gasteiger partial charge in [0.15, 0.2) is 5.13 Å². The van der Waals surface area contributed by atoms with Crippen molar-refractivity contribution in [2.24, 2.45) is 0 Å². The summed E-state index contributed by atoms with van der Waals surface area (Å²) in [5, 5.41) is 4.22. The van der Waals surface area contributed by atoms with E-state index in [2.05, 4.69) is 20.3 Å². The van der Waals surface area contributed by atoms with Crippen LogP contribution in [0.2, 0.25) is 0 Å². The number of thiazole rings is 1. The van der Waals surface area contributed by atoms with Gasteiger partial charge in [-0.25, -0.2) is 22.1 Å². The Labute approximate surface area is 198 Å². The number of nitrogens with zero attached hydrogens (tertiary/aromatic N) is 4. The first-order valence-corrected chi connectivity index (χ1v) is 12.6. The van der Waals surface area contributed by atoms with Gasteiger partial charge in [0.1, 0.15) is 17.2 Å². The standard InChI is InChI=1S/C22H18FN5O4S2/c1-28(34(30,31)15-9-10-15)22-26-18(13-5-7-14(23)8-6-13)19(32-22)20(29)27-21-25-17(12-33-21)16-4-2-3-11-24-16/h2-8,11-12,15H,9-10H2,1H3,(H,25,27,29). The zero-order chi connectivity index (χ0) is 23.9. The van der Waals surface area contributed by atoms with Crippen molar-refractivity contribution in [3.8, 4) is 22.6 Å². The van der Waals surface area contributed by atoms with Crippen molar-refractivity contribution < 1.29 is 22.0 Å². The van der Waals surface area contributed by atoms with Crippen LogP contribution in [0.1, 0.15) is 23.4 Å². The highest BCUT2D eigenvalue weighted by Gasteiger charge is 2.41. The van der Waals surface area contributed by atoms with Crippen molar-refractivity contribution >= 4 is 38.4 Å². The number of aromatic nitrogens is 3. The van der Waals surface area contributed by atoms with Gasteiger partial charge >= 0.3 is 6.01 Å². The van der Waals surface area contributed by atoms with Gasteiger partial charge in [-0.15, -0.1) is 11.3 Å². The summed E-state index contributed by atoms with van der Waals surface area (Å²) < 4.78 is 45.4. The Kier molecular flexibility index (Phi) is 5.62. The van der Waals surface area contributed by atoms with Crippen LogP contribution in [0, 0.1) is 5.82 Å². The van der Waals surface area contributed by atoms with Crippen molar-refractivity contribution in [2.75, 3.05) is 16.7 Å². The van der Waals surface area contributed by atoms with E-state index >= 15 is 0 Å². The molecule has 12 heteroatoms. The van der Waals surface area contributed by atoms with Crippen LogP contribution in [-0.4, -0.2) is 41.6 Å². The first-order chi connectivity index (χ1) is 16.3. The second kappa shape index (κ2) is 8.61. The molecule has 9 nitrogen and oxygen atoms in total. The van der Waals surface area contributed by atoms with E-state index in [4.69, 9.17) is 4.42 Å². The minimum absolute atomic E-state index is 0.0897. The highest BCUT2D eigenvalue weighted by Crippen LogP contribution is 2.35. The second-order valence-electron chi connectivity index (χ2n) is 7.60. The molecule has 0 aliphatic heterocycles. The number of halogens is 1. The molecule has 0 spiro atoms. The zero-order valence-corrected chi connectivity index (χ0v) is 19.4. The number of hydrogen-bond acceptors (Lipinski definition) is 8. The molecule has 3 aromatic heterocycles. The second-order valence-corrected chi connectivity index (χ2v) is 10.7. The average molecular weight is 500 g/mol. The SMILES string of the molecule is CN(c1nc(-c2ccc(F)cc2)c(C(=O)Nc2nc(-c3ccccn3)cs2)o1)S(=O)(=O)C1CC1. The normalized spacial score (nSPS) is 13.6. The maximum absolute atomic E-state index is 13.5. The number of hydrogen-bond donors (Lipinski definition) is 1. The van der Waals surface area contributed by atoms with Crippen LogP contribution in [0.25, 0.3) is 22.6 Å². The molecule has 1 N–H and O–H groups in total. The maximum Gasteiger partial charge on any atom is 0.312 e. The van der Waals surface area contributed by atoms with Gasteiger partial charge in [-0.3, -0.25) is 15.1 Å². The number of carbonyl (C=O) groups excluding carboxylic acids is 1. The summed E-state index contributed by atoms with van der Waals surface area (Å²) in [7, 11) is -2.33. The molecule has 4 aromatic rings. The number of nitrogens with one attached hydrogen (secondary N) is 1. The minimum atomic E-state index is -3.65. The van der Waals surface area contributed by atoms with E-state index in [-0.39, 0.29) is 17.5 Å². The van der Waals surface area contributed by atoms with Crippen LogP contribution in [0.15, 0.2) is 58.5 Å². The van der Waals surface area contributed by atoms with Gasteiger partial charge in [0.05, 0.1) is 10.9 Å². The Morgan fingerprint density at radius 3 is 2.59 bits per heavy atom. The van der Waals surface area contributed by atoms with E-state index < -0.39 is 27.0 Å². The van der Waals surface area contributed by atoms with E-state index in [1.807, 2.05) is 6.07 Å². The molecular weight excluding hydrogens is 481 g/mol. The fourth-order valence-electron chi connectivity index (χ4n) is 3.22. The van der Waals surface area contributed by atoms with Crippen molar-refractivity contribution in [1.29, 1.82) is 0 Å². The summed E-state index contributed by atoms with van der Waals surface area (Å²) >= 11 is 1.20. The third-order valence-electron chi connectivity index (χ3n) is 5.19. The average Bonchev–Trinajstić information content (AvgIpc) is 3.46. The highest BCUT2D eigenvalue weighted by molar-refractivity contribution is 7.93. The number of rotatable bonds is 7. The van der Waals surface area contributed by atoms with Crippen molar-refractivity contribution in [1.82, 2.24) is 15.0 Å². The molecule has 0 saturated heterocycles. The summed E-state index contributed by atoms with van der Waals surface area (Å²) in [4.78, 5) is 26.0. The highest BCUT2D eigenvalue weighted by atomic mass is 32.2. The van der Waals surface area contributed by atoms with Crippen molar-refractivity contribution in [3.63, 3.8) is 0 Å². The Morgan fingerprint density at radius 2 is 1.91 bits per heavy atom. The van der Waals surface area contributed by atoms with Crippen LogP contribution in [0.5, 0.6) is 0 Å². The van der Waals surface area contributed by atoms with Crippen LogP contribution >= 0.6 is 11.3 Å². The van der Waals surface area contributed by atoms with Gasteiger partial charge < -0.3 is 4.42 Å². The van der Waals surface area contributed by atoms with Gasteiger partial charge in [0.25, 0.3) is 5.91 Å². The number of pyridine rings is 1. The van der Waals surface area contributed by atoms with Gasteiger partial charge in [-0.1, -0.05) is 6.07 Å². The maximum atomic E-state index is 13.5. The lowest BCUT2D eigenvalue weighted by molar-refractivity contribution is 0.0998. The number of sulfonamides is 1. The van der Waals surface area contributed by atoms with E-state index in [1.165, 1.54) is 42.6 Å². The molecule has 1 fully saturated rings. The van der Waals surface area contributed by atoms with Gasteiger partial charge in [-0.05, 0) is 49.2 Å². The predicted octanol–water partition coefficient (Wildman–Crippen LogP) is 4.18. The van der Waals surface area contributed by atoms with Crippen LogP contribution < -0.4 is 9.62 Å². The lowest BCUT2D eigenvalue weighted by atomic mass is 10.1. The van der Waals surface area contributed by atoms with E-state index in [0.717, 1.165) is 4.31 Å². The third kappa shape index (κ3) is 4.29. The molecule has 3 heterocycles. The summed E-state index contributed by atoms with van der Waals surface area (Å²) in [6.45, 7) is 0. The topological polar surface area (TPSA) is 118 Å². The first-order valence-electron chi connectivity index (χ1n) is 10.3. The molecule has 1 saturated carbocycles. The largest absolute Gasteiger partial charge is 0.417 e. The monoisotopic (exact) mass is 499 g/mol. The molecule has 0 radical (unpaired) electrons.